The van der Waals surface area contributed by atoms with Crippen LogP contribution < -0.4 is 14.6 Å². The van der Waals surface area contributed by atoms with Gasteiger partial charge < -0.3 is 9.84 Å². The number of nitrogens with zero attached hydrogens (tertiary/aromatic N) is 4. The minimum absolute atomic E-state index is 0.0717. The number of imide groups is 2. The molecule has 1 N–H and O–H groups in total. The molecule has 2 saturated heterocycles. The van der Waals surface area contributed by atoms with Gasteiger partial charge in [0.05, 0.1) is 41.0 Å². The largest absolute Gasteiger partial charge is 0.504 e. The molecular weight excluding hydrogens is 665 g/mol. The Morgan fingerprint density at radius 2 is 1.71 bits per heavy atom. The summed E-state index contributed by atoms with van der Waals surface area (Å²) in [6.07, 6.45) is -2.79. The summed E-state index contributed by atoms with van der Waals surface area (Å²) in [5.74, 6) is -6.81. The van der Waals surface area contributed by atoms with E-state index in [-0.39, 0.29) is 29.4 Å². The van der Waals surface area contributed by atoms with Crippen molar-refractivity contribution >= 4 is 46.7 Å². The smallest absolute Gasteiger partial charge is 0.433 e. The summed E-state index contributed by atoms with van der Waals surface area (Å²) in [6.45, 7) is 1.73. The second-order valence-corrected chi connectivity index (χ2v) is 13.3. The van der Waals surface area contributed by atoms with Crippen LogP contribution in [0.5, 0.6) is 11.5 Å². The van der Waals surface area contributed by atoms with Gasteiger partial charge in [0.15, 0.2) is 17.3 Å². The molecule has 49 heavy (non-hydrogen) atoms. The molecule has 1 saturated carbocycles. The average Bonchev–Trinajstić information content (AvgIpc) is 3.44. The molecule has 0 bridgehead atoms. The molecule has 10 nitrogen and oxygen atoms in total. The zero-order valence-electron chi connectivity index (χ0n) is 26.4. The van der Waals surface area contributed by atoms with Crippen LogP contribution in [0.2, 0.25) is 5.02 Å². The number of ether oxygens (including phenoxy) is 1. The Morgan fingerprint density at radius 3 is 2.39 bits per heavy atom. The summed E-state index contributed by atoms with van der Waals surface area (Å²) in [4.78, 5) is 61.8. The molecule has 254 valence electrons. The van der Waals surface area contributed by atoms with Gasteiger partial charge in [-0.05, 0) is 67.6 Å². The molecule has 0 radical (unpaired) electrons. The molecule has 3 aromatic rings. The Kier molecular flexibility index (Phi) is 7.54. The molecule has 1 aromatic heterocycles. The maximum atomic E-state index is 14.5. The number of carbonyl (C=O) groups excluding carboxylic acids is 4. The van der Waals surface area contributed by atoms with Crippen molar-refractivity contribution in [3.05, 3.63) is 88.6 Å². The minimum atomic E-state index is -4.80. The van der Waals surface area contributed by atoms with E-state index in [4.69, 9.17) is 16.3 Å². The van der Waals surface area contributed by atoms with Gasteiger partial charge in [0, 0.05) is 13.0 Å². The van der Waals surface area contributed by atoms with E-state index in [0.29, 0.717) is 22.9 Å². The Balaban J connectivity index is 1.33. The van der Waals surface area contributed by atoms with Gasteiger partial charge in [0.1, 0.15) is 5.69 Å². The number of pyridine rings is 1. The van der Waals surface area contributed by atoms with Crippen molar-refractivity contribution in [1.29, 1.82) is 0 Å². The zero-order chi connectivity index (χ0) is 35.2. The first-order chi connectivity index (χ1) is 23.2. The molecule has 0 spiro atoms. The average molecular weight is 695 g/mol. The number of benzene rings is 2. The highest BCUT2D eigenvalue weighted by Gasteiger charge is 2.68. The van der Waals surface area contributed by atoms with Crippen LogP contribution >= 0.6 is 11.6 Å². The quantitative estimate of drug-likeness (QED) is 0.265. The van der Waals surface area contributed by atoms with Crippen molar-refractivity contribution in [3.63, 3.8) is 0 Å². The zero-order valence-corrected chi connectivity index (χ0v) is 27.2. The van der Waals surface area contributed by atoms with Gasteiger partial charge in [0.2, 0.25) is 11.8 Å². The number of hydrogen-bond acceptors (Lipinski definition) is 8. The molecule has 14 heteroatoms. The molecule has 6 unspecified atom stereocenters. The lowest BCUT2D eigenvalue weighted by Crippen LogP contribution is -2.49. The van der Waals surface area contributed by atoms with Crippen LogP contribution in [-0.2, 0) is 25.4 Å². The van der Waals surface area contributed by atoms with Crippen LogP contribution in [0.15, 0.2) is 72.3 Å². The lowest BCUT2D eigenvalue weighted by Gasteiger charge is -2.49. The van der Waals surface area contributed by atoms with E-state index in [9.17, 15) is 37.5 Å². The van der Waals surface area contributed by atoms with Gasteiger partial charge in [-0.2, -0.15) is 18.2 Å². The van der Waals surface area contributed by atoms with Gasteiger partial charge in [-0.3, -0.25) is 24.2 Å². The summed E-state index contributed by atoms with van der Waals surface area (Å²) in [7, 11) is 2.63. The monoisotopic (exact) mass is 694 g/mol. The van der Waals surface area contributed by atoms with Crippen LogP contribution in [-0.4, -0.2) is 52.9 Å². The van der Waals surface area contributed by atoms with Crippen LogP contribution in [0.4, 0.5) is 24.7 Å². The molecule has 3 heterocycles. The fraction of sp³-hybridized carbons (Fsp3) is 0.343. The summed E-state index contributed by atoms with van der Waals surface area (Å²) in [5, 5.41) is 11.9. The normalized spacial score (nSPS) is 27.9. The highest BCUT2D eigenvalue weighted by atomic mass is 35.5. The number of anilines is 2. The van der Waals surface area contributed by atoms with Gasteiger partial charge in [-0.25, -0.2) is 9.88 Å². The van der Waals surface area contributed by atoms with Crippen LogP contribution in [0.3, 0.4) is 0 Å². The molecule has 2 aliphatic carbocycles. The minimum Gasteiger partial charge on any atom is -0.504 e. The van der Waals surface area contributed by atoms with Crippen molar-refractivity contribution in [2.24, 2.45) is 29.1 Å². The Bertz CT molecular complexity index is 1950. The third kappa shape index (κ3) is 4.72. The summed E-state index contributed by atoms with van der Waals surface area (Å²) in [5.41, 5.74) is -0.912. The lowest BCUT2D eigenvalue weighted by molar-refractivity contribution is -0.141. The van der Waals surface area contributed by atoms with Crippen molar-refractivity contribution < 1.29 is 42.2 Å². The fourth-order valence-corrected chi connectivity index (χ4v) is 8.51. The number of methoxy groups -OCH3 is 1. The molecule has 4 aliphatic rings. The summed E-state index contributed by atoms with van der Waals surface area (Å²) in [6, 6.07) is 14.9. The second kappa shape index (κ2) is 11.3. The summed E-state index contributed by atoms with van der Waals surface area (Å²) >= 11 is 6.24. The van der Waals surface area contributed by atoms with E-state index in [2.05, 4.69) is 4.98 Å². The fourth-order valence-electron chi connectivity index (χ4n) is 8.28. The predicted octanol–water partition coefficient (Wildman–Crippen LogP) is 5.75. The van der Waals surface area contributed by atoms with E-state index >= 15 is 0 Å². The van der Waals surface area contributed by atoms with Crippen molar-refractivity contribution in [3.8, 4) is 11.5 Å². The molecule has 4 amide bonds. The van der Waals surface area contributed by atoms with Crippen molar-refractivity contribution in [1.82, 2.24) is 9.99 Å². The number of allylic oxidation sites excluding steroid dienone is 2. The van der Waals surface area contributed by atoms with Crippen LogP contribution in [0.1, 0.15) is 36.9 Å². The first kappa shape index (κ1) is 32.6. The van der Waals surface area contributed by atoms with E-state index in [1.54, 1.807) is 49.4 Å². The number of alkyl halides is 3. The molecule has 7 rings (SSSR count). The Hall–Kier alpha value is -4.91. The number of hydrazine groups is 1. The van der Waals surface area contributed by atoms with Crippen LogP contribution in [0, 0.1) is 29.1 Å². The first-order valence-corrected chi connectivity index (χ1v) is 15.9. The Morgan fingerprint density at radius 1 is 1.00 bits per heavy atom. The predicted molar refractivity (Wildman–Crippen MR) is 170 cm³/mol. The topological polar surface area (TPSA) is 120 Å². The standard InChI is InChI=1S/C35H30ClF3N4O6/c1-34-22(31(46)42(33(34)48)18-7-5-4-6-8-18)16-21-19(28(34)17-9-13-24(44)25(15-17)49-3)10-11-20-27(21)32(47)43(30(20)45)41(2)29-23(36)12-14-26(40-29)35(37,38)39/h4-10,12-15,20-22,27-28,44H,11,16H2,1-3H3. The van der Waals surface area contributed by atoms with Crippen molar-refractivity contribution in [2.75, 3.05) is 24.1 Å². The second-order valence-electron chi connectivity index (χ2n) is 12.9. The number of para-hydroxylation sites is 1. The molecule has 2 aliphatic heterocycles. The van der Waals surface area contributed by atoms with E-state index in [1.165, 1.54) is 25.1 Å². The number of amides is 4. The van der Waals surface area contributed by atoms with Gasteiger partial charge in [-0.15, -0.1) is 0 Å². The number of rotatable bonds is 5. The lowest BCUT2D eigenvalue weighted by atomic mass is 9.51. The number of aromatic hydroxyl groups is 1. The van der Waals surface area contributed by atoms with E-state index in [1.807, 2.05) is 6.08 Å². The third-order valence-electron chi connectivity index (χ3n) is 10.5. The number of aromatic nitrogens is 1. The summed E-state index contributed by atoms with van der Waals surface area (Å²) < 4.78 is 46.0. The van der Waals surface area contributed by atoms with Crippen molar-refractivity contribution in [2.45, 2.75) is 31.9 Å². The van der Waals surface area contributed by atoms with E-state index in [0.717, 1.165) is 16.1 Å². The number of hydrogen-bond donors (Lipinski definition) is 1. The number of carbonyl (C=O) groups is 4. The van der Waals surface area contributed by atoms with Crippen LogP contribution in [0.25, 0.3) is 0 Å². The number of halogens is 4. The molecule has 6 atom stereocenters. The number of phenolic OH excluding ortho intramolecular Hbond substituents is 1. The van der Waals surface area contributed by atoms with E-state index < -0.39 is 76.3 Å². The van der Waals surface area contributed by atoms with Gasteiger partial charge in [-0.1, -0.05) is 47.5 Å². The number of phenols is 1. The third-order valence-corrected chi connectivity index (χ3v) is 10.8. The highest BCUT2D eigenvalue weighted by Crippen LogP contribution is 2.64. The maximum absolute atomic E-state index is 14.5. The van der Waals surface area contributed by atoms with Gasteiger partial charge >= 0.3 is 6.18 Å². The molecule has 2 aromatic carbocycles. The molecular formula is C35H30ClF3N4O6. The highest BCUT2D eigenvalue weighted by molar-refractivity contribution is 6.33. The Labute approximate surface area is 283 Å². The first-order valence-electron chi connectivity index (χ1n) is 15.6. The SMILES string of the molecule is COc1cc(C2C3=CCC4C(=O)N(N(C)c5nc(C(F)(F)F)ccc5Cl)C(=O)C4C3CC3C(=O)N(c4ccccc4)C(=O)C32C)ccc1O. The molecule has 3 fully saturated rings. The number of fused-ring (bicyclic) bond motifs is 4. The maximum Gasteiger partial charge on any atom is 0.433 e. The van der Waals surface area contributed by atoms with Gasteiger partial charge in [0.25, 0.3) is 11.8 Å².